The molecule has 1 aliphatic rings. The van der Waals surface area contributed by atoms with Crippen molar-refractivity contribution in [1.82, 2.24) is 15.1 Å². The van der Waals surface area contributed by atoms with Gasteiger partial charge in [0.05, 0.1) is 18.0 Å². The Morgan fingerprint density at radius 1 is 1.00 bits per heavy atom. The van der Waals surface area contributed by atoms with Gasteiger partial charge in [-0.2, -0.15) is 0 Å². The lowest BCUT2D eigenvalue weighted by molar-refractivity contribution is -0.130. The Bertz CT molecular complexity index is 844. The number of carbonyl (C=O) groups excluding carboxylic acids is 2. The van der Waals surface area contributed by atoms with Crippen molar-refractivity contribution in [1.29, 1.82) is 0 Å². The summed E-state index contributed by atoms with van der Waals surface area (Å²) in [5.41, 5.74) is 1.85. The molecule has 2 aromatic carbocycles. The van der Waals surface area contributed by atoms with E-state index in [-0.39, 0.29) is 29.0 Å². The van der Waals surface area contributed by atoms with Crippen LogP contribution in [0.4, 0.5) is 0 Å². The highest BCUT2D eigenvalue weighted by molar-refractivity contribution is 6.32. The molecule has 2 N–H and O–H groups in total. The van der Waals surface area contributed by atoms with Gasteiger partial charge in [0, 0.05) is 32.7 Å². The maximum atomic E-state index is 12.6. The van der Waals surface area contributed by atoms with E-state index in [0.717, 1.165) is 24.1 Å². The van der Waals surface area contributed by atoms with E-state index in [1.54, 1.807) is 12.1 Å². The second kappa shape index (κ2) is 10.3. The Kier molecular flexibility index (Phi) is 7.49. The first-order chi connectivity index (χ1) is 14.0. The summed E-state index contributed by atoms with van der Waals surface area (Å²) in [4.78, 5) is 28.8. The number of phenols is 1. The molecule has 7 heteroatoms. The predicted molar refractivity (Wildman–Crippen MR) is 113 cm³/mol. The molecule has 0 unspecified atom stereocenters. The number of benzene rings is 2. The highest BCUT2D eigenvalue weighted by Crippen LogP contribution is 2.24. The molecule has 6 nitrogen and oxygen atoms in total. The van der Waals surface area contributed by atoms with Gasteiger partial charge in [-0.05, 0) is 29.7 Å². The normalized spacial score (nSPS) is 15.0. The number of hydrogen-bond donors (Lipinski definition) is 2. The third-order valence-corrected chi connectivity index (χ3v) is 5.31. The lowest BCUT2D eigenvalue weighted by atomic mass is 10.1. The Morgan fingerprint density at radius 2 is 1.79 bits per heavy atom. The van der Waals surface area contributed by atoms with E-state index in [1.165, 1.54) is 6.07 Å². The van der Waals surface area contributed by atoms with Gasteiger partial charge in [-0.1, -0.05) is 48.0 Å². The molecule has 1 heterocycles. The van der Waals surface area contributed by atoms with Crippen LogP contribution in [0, 0.1) is 0 Å². The zero-order valence-electron chi connectivity index (χ0n) is 16.3. The van der Waals surface area contributed by atoms with Gasteiger partial charge >= 0.3 is 0 Å². The lowest BCUT2D eigenvalue weighted by Gasteiger charge is -2.22. The summed E-state index contributed by atoms with van der Waals surface area (Å²) in [6.45, 7) is 3.58. The minimum absolute atomic E-state index is 0.00707. The van der Waals surface area contributed by atoms with Crippen molar-refractivity contribution in [2.24, 2.45) is 0 Å². The van der Waals surface area contributed by atoms with Gasteiger partial charge in [-0.25, -0.2) is 0 Å². The zero-order chi connectivity index (χ0) is 20.6. The molecule has 0 radical (unpaired) electrons. The SMILES string of the molecule is O=C(CN1CCCN(C(=O)Cc2ccc(O)c(Cl)c2)CC1)NCc1ccccc1. The van der Waals surface area contributed by atoms with Crippen LogP contribution in [0.5, 0.6) is 5.75 Å². The Balaban J connectivity index is 1.44. The van der Waals surface area contributed by atoms with E-state index in [0.29, 0.717) is 32.7 Å². The third-order valence-electron chi connectivity index (χ3n) is 5.01. The van der Waals surface area contributed by atoms with Crippen LogP contribution in [0.15, 0.2) is 48.5 Å². The van der Waals surface area contributed by atoms with Crippen LogP contribution in [0.3, 0.4) is 0 Å². The fraction of sp³-hybridized carbons (Fsp3) is 0.364. The number of nitrogens with one attached hydrogen (secondary N) is 1. The van der Waals surface area contributed by atoms with Crippen molar-refractivity contribution in [3.05, 3.63) is 64.7 Å². The molecule has 29 heavy (non-hydrogen) atoms. The van der Waals surface area contributed by atoms with E-state index in [9.17, 15) is 14.7 Å². The molecule has 154 valence electrons. The third kappa shape index (κ3) is 6.48. The Labute approximate surface area is 176 Å². The van der Waals surface area contributed by atoms with Crippen molar-refractivity contribution < 1.29 is 14.7 Å². The Morgan fingerprint density at radius 3 is 2.55 bits per heavy atom. The molecule has 3 rings (SSSR count). The summed E-state index contributed by atoms with van der Waals surface area (Å²) in [6, 6.07) is 14.7. The standard InChI is InChI=1S/C22H26ClN3O3/c23-19-13-18(7-8-20(19)27)14-22(29)26-10-4-9-25(11-12-26)16-21(28)24-15-17-5-2-1-3-6-17/h1-3,5-8,13,27H,4,9-12,14-16H2,(H,24,28). The molecule has 2 amide bonds. The summed E-state index contributed by atoms with van der Waals surface area (Å²) in [5.74, 6) is 0.0355. The smallest absolute Gasteiger partial charge is 0.234 e. The average molecular weight is 416 g/mol. The molecule has 0 saturated carbocycles. The van der Waals surface area contributed by atoms with Gasteiger partial charge in [0.15, 0.2) is 0 Å². The average Bonchev–Trinajstić information content (AvgIpc) is 2.96. The molecule has 1 saturated heterocycles. The van der Waals surface area contributed by atoms with Crippen LogP contribution in [0.1, 0.15) is 17.5 Å². The van der Waals surface area contributed by atoms with Crippen molar-refractivity contribution in [2.45, 2.75) is 19.4 Å². The molecule has 0 spiro atoms. The van der Waals surface area contributed by atoms with E-state index in [4.69, 9.17) is 11.6 Å². The maximum Gasteiger partial charge on any atom is 0.234 e. The molecule has 0 bridgehead atoms. The van der Waals surface area contributed by atoms with E-state index in [1.807, 2.05) is 35.2 Å². The molecule has 0 aromatic heterocycles. The van der Waals surface area contributed by atoms with Crippen LogP contribution >= 0.6 is 11.6 Å². The summed E-state index contributed by atoms with van der Waals surface area (Å²) >= 11 is 5.92. The van der Waals surface area contributed by atoms with E-state index < -0.39 is 0 Å². The lowest BCUT2D eigenvalue weighted by Crippen LogP contribution is -2.40. The first-order valence-electron chi connectivity index (χ1n) is 9.79. The van der Waals surface area contributed by atoms with Crippen LogP contribution < -0.4 is 5.32 Å². The number of phenolic OH excluding ortho intramolecular Hbond substituents is 1. The summed E-state index contributed by atoms with van der Waals surface area (Å²) in [6.07, 6.45) is 1.08. The number of halogens is 1. The summed E-state index contributed by atoms with van der Waals surface area (Å²) in [7, 11) is 0. The zero-order valence-corrected chi connectivity index (χ0v) is 17.1. The highest BCUT2D eigenvalue weighted by Gasteiger charge is 2.20. The van der Waals surface area contributed by atoms with Crippen LogP contribution in [0.25, 0.3) is 0 Å². The van der Waals surface area contributed by atoms with Gasteiger partial charge in [0.2, 0.25) is 11.8 Å². The fourth-order valence-electron chi connectivity index (χ4n) is 3.38. The van der Waals surface area contributed by atoms with Gasteiger partial charge < -0.3 is 15.3 Å². The number of nitrogens with zero attached hydrogens (tertiary/aromatic N) is 2. The summed E-state index contributed by atoms with van der Waals surface area (Å²) in [5, 5.41) is 12.7. The van der Waals surface area contributed by atoms with Gasteiger partial charge in [0.1, 0.15) is 5.75 Å². The number of aromatic hydroxyl groups is 1. The largest absolute Gasteiger partial charge is 0.506 e. The first-order valence-corrected chi connectivity index (χ1v) is 10.2. The number of hydrogen-bond acceptors (Lipinski definition) is 4. The fourth-order valence-corrected chi connectivity index (χ4v) is 3.58. The van der Waals surface area contributed by atoms with E-state index in [2.05, 4.69) is 10.2 Å². The second-order valence-electron chi connectivity index (χ2n) is 7.24. The van der Waals surface area contributed by atoms with Crippen molar-refractivity contribution in [2.75, 3.05) is 32.7 Å². The Hall–Kier alpha value is -2.57. The van der Waals surface area contributed by atoms with E-state index >= 15 is 0 Å². The molecule has 1 fully saturated rings. The molecular formula is C22H26ClN3O3. The first kappa shape index (κ1) is 21.1. The topological polar surface area (TPSA) is 72.9 Å². The van der Waals surface area contributed by atoms with Gasteiger partial charge in [-0.3, -0.25) is 14.5 Å². The predicted octanol–water partition coefficient (Wildman–Crippen LogP) is 2.44. The molecule has 2 aromatic rings. The number of rotatable bonds is 6. The second-order valence-corrected chi connectivity index (χ2v) is 7.64. The molecular weight excluding hydrogens is 390 g/mol. The minimum Gasteiger partial charge on any atom is -0.506 e. The quantitative estimate of drug-likeness (QED) is 0.760. The van der Waals surface area contributed by atoms with Crippen LogP contribution in [-0.2, 0) is 22.6 Å². The molecule has 0 aliphatic carbocycles. The summed E-state index contributed by atoms with van der Waals surface area (Å²) < 4.78 is 0. The molecule has 0 atom stereocenters. The van der Waals surface area contributed by atoms with Crippen molar-refractivity contribution >= 4 is 23.4 Å². The van der Waals surface area contributed by atoms with Gasteiger partial charge in [0.25, 0.3) is 0 Å². The monoisotopic (exact) mass is 415 g/mol. The molecule has 1 aliphatic heterocycles. The minimum atomic E-state index is -0.00707. The highest BCUT2D eigenvalue weighted by atomic mass is 35.5. The van der Waals surface area contributed by atoms with Crippen LogP contribution in [-0.4, -0.2) is 59.4 Å². The number of amides is 2. The number of carbonyl (C=O) groups is 2. The van der Waals surface area contributed by atoms with Gasteiger partial charge in [-0.15, -0.1) is 0 Å². The van der Waals surface area contributed by atoms with Crippen molar-refractivity contribution in [3.63, 3.8) is 0 Å². The maximum absolute atomic E-state index is 12.6. The van der Waals surface area contributed by atoms with Crippen molar-refractivity contribution in [3.8, 4) is 5.75 Å². The van der Waals surface area contributed by atoms with Crippen LogP contribution in [0.2, 0.25) is 5.02 Å².